The predicted octanol–water partition coefficient (Wildman–Crippen LogP) is 7.59. The Morgan fingerprint density at radius 3 is 1.89 bits per heavy atom. The van der Waals surface area contributed by atoms with E-state index in [2.05, 4.69) is 68.7 Å². The number of unbranched alkanes of at least 4 members (excludes halogenated alkanes) is 4. The average molecular weight is 602 g/mol. The second-order valence-electron chi connectivity index (χ2n) is 10.3. The monoisotopic (exact) mass is 600 g/mol. The summed E-state index contributed by atoms with van der Waals surface area (Å²) in [5, 5.41) is 0. The maximum Gasteiger partial charge on any atom is 0.117 e. The lowest BCUT2D eigenvalue weighted by atomic mass is 9.87. The van der Waals surface area contributed by atoms with Gasteiger partial charge in [-0.1, -0.05) is 75.4 Å². The Kier molecular flexibility index (Phi) is 17.3. The molecule has 2 rings (SSSR count). The van der Waals surface area contributed by atoms with Crippen LogP contribution in [0.4, 0.5) is 0 Å². The predicted molar refractivity (Wildman–Crippen MR) is 157 cm³/mol. The van der Waals surface area contributed by atoms with Crippen LogP contribution in [0.5, 0.6) is 0 Å². The van der Waals surface area contributed by atoms with Gasteiger partial charge in [0.05, 0.1) is 6.61 Å². The molecule has 0 aromatic heterocycles. The van der Waals surface area contributed by atoms with Gasteiger partial charge in [-0.25, -0.2) is 0 Å². The van der Waals surface area contributed by atoms with Gasteiger partial charge in [-0.3, -0.25) is 0 Å². The van der Waals surface area contributed by atoms with Crippen molar-refractivity contribution in [2.24, 2.45) is 0 Å². The normalized spacial score (nSPS) is 24.6. The average Bonchev–Trinajstić information content (AvgIpc) is 2.90. The summed E-state index contributed by atoms with van der Waals surface area (Å²) in [5.74, 6) is 0. The first-order valence-corrected chi connectivity index (χ1v) is 15.7. The Balaban J connectivity index is 2.47. The van der Waals surface area contributed by atoms with Crippen LogP contribution in [0, 0.1) is 6.92 Å². The molecule has 0 spiro atoms. The molecular weight excluding hydrogens is 548 g/mol. The van der Waals surface area contributed by atoms with E-state index in [0.717, 1.165) is 67.0 Å². The van der Waals surface area contributed by atoms with Gasteiger partial charge in [0, 0.05) is 38.0 Å². The lowest BCUT2D eigenvalue weighted by molar-refractivity contribution is -0.283. The van der Waals surface area contributed by atoms with Crippen molar-refractivity contribution in [3.8, 4) is 0 Å². The molecule has 1 aromatic carbocycles. The lowest BCUT2D eigenvalue weighted by Gasteiger charge is -2.48. The highest BCUT2D eigenvalue weighted by atomic mass is 79.9. The van der Waals surface area contributed by atoms with Gasteiger partial charge in [0.1, 0.15) is 36.6 Å². The van der Waals surface area contributed by atoms with E-state index >= 15 is 0 Å². The van der Waals surface area contributed by atoms with Crippen LogP contribution in [-0.4, -0.2) is 70.7 Å². The molecule has 0 N–H and O–H groups in total. The fourth-order valence-corrected chi connectivity index (χ4v) is 5.31. The molecule has 0 amide bonds. The van der Waals surface area contributed by atoms with Crippen LogP contribution < -0.4 is 0 Å². The standard InChI is InChI=1S/C31H53BrO6/c1-7-11-17-34-22-26-28(35-18-12-8-2)29(36-19-13-9-3)30(37-20-14-10-4)31(38-26)27(33-6)25-16-15-24(32)21-23(25)5/h15-16,21,26-31H,7-14,17-20,22H2,1-6H3/t26?,27-,28-,29+,30?,31-/m1/s1. The fraction of sp³-hybridized carbons (Fsp3) is 0.806. The first-order valence-electron chi connectivity index (χ1n) is 14.9. The second-order valence-corrected chi connectivity index (χ2v) is 11.2. The van der Waals surface area contributed by atoms with Crippen molar-refractivity contribution in [1.29, 1.82) is 0 Å². The fourth-order valence-electron chi connectivity index (χ4n) is 4.83. The molecule has 1 saturated heterocycles. The summed E-state index contributed by atoms with van der Waals surface area (Å²) >= 11 is 3.60. The van der Waals surface area contributed by atoms with Crippen LogP contribution in [0.15, 0.2) is 22.7 Å². The van der Waals surface area contributed by atoms with Crippen molar-refractivity contribution in [3.05, 3.63) is 33.8 Å². The summed E-state index contributed by atoms with van der Waals surface area (Å²) in [6, 6.07) is 6.29. The zero-order valence-corrected chi connectivity index (χ0v) is 26.3. The minimum absolute atomic E-state index is 0.272. The first-order chi connectivity index (χ1) is 18.5. The van der Waals surface area contributed by atoms with Crippen molar-refractivity contribution in [2.45, 2.75) is 123 Å². The number of halogens is 1. The summed E-state index contributed by atoms with van der Waals surface area (Å²) in [6.07, 6.45) is 6.43. The molecule has 6 atom stereocenters. The minimum Gasteiger partial charge on any atom is -0.379 e. The van der Waals surface area contributed by atoms with Gasteiger partial charge >= 0.3 is 0 Å². The molecule has 0 radical (unpaired) electrons. The summed E-state index contributed by atoms with van der Waals surface area (Å²) in [7, 11) is 1.75. The van der Waals surface area contributed by atoms with Crippen molar-refractivity contribution >= 4 is 15.9 Å². The van der Waals surface area contributed by atoms with Crippen LogP contribution in [-0.2, 0) is 28.4 Å². The number of benzene rings is 1. The maximum atomic E-state index is 6.89. The van der Waals surface area contributed by atoms with Crippen molar-refractivity contribution in [2.75, 3.05) is 40.1 Å². The first kappa shape index (κ1) is 33.7. The minimum atomic E-state index is -0.367. The van der Waals surface area contributed by atoms with Crippen LogP contribution in [0.2, 0.25) is 0 Å². The largest absolute Gasteiger partial charge is 0.379 e. The van der Waals surface area contributed by atoms with E-state index in [0.29, 0.717) is 33.0 Å². The lowest BCUT2D eigenvalue weighted by Crippen LogP contribution is -2.63. The molecule has 1 aromatic rings. The van der Waals surface area contributed by atoms with Crippen LogP contribution in [0.3, 0.4) is 0 Å². The Morgan fingerprint density at radius 1 is 0.789 bits per heavy atom. The molecular formula is C31H53BrO6. The van der Waals surface area contributed by atoms with Gasteiger partial charge < -0.3 is 28.4 Å². The molecule has 2 unspecified atom stereocenters. The maximum absolute atomic E-state index is 6.89. The second kappa shape index (κ2) is 19.5. The quantitative estimate of drug-likeness (QED) is 0.144. The third-order valence-electron chi connectivity index (χ3n) is 7.11. The van der Waals surface area contributed by atoms with Gasteiger partial charge in [0.15, 0.2) is 0 Å². The molecule has 1 heterocycles. The van der Waals surface area contributed by atoms with Gasteiger partial charge in [0.25, 0.3) is 0 Å². The van der Waals surface area contributed by atoms with Crippen molar-refractivity contribution < 1.29 is 28.4 Å². The Hall–Kier alpha value is -0.540. The van der Waals surface area contributed by atoms with E-state index in [9.17, 15) is 0 Å². The zero-order chi connectivity index (χ0) is 27.8. The molecule has 0 saturated carbocycles. The zero-order valence-electron chi connectivity index (χ0n) is 24.7. The molecule has 1 fully saturated rings. The highest BCUT2D eigenvalue weighted by Gasteiger charge is 2.51. The number of hydrogen-bond donors (Lipinski definition) is 0. The third kappa shape index (κ3) is 10.5. The van der Waals surface area contributed by atoms with E-state index < -0.39 is 0 Å². The molecule has 0 bridgehead atoms. The van der Waals surface area contributed by atoms with E-state index in [1.165, 1.54) is 0 Å². The smallest absolute Gasteiger partial charge is 0.117 e. The van der Waals surface area contributed by atoms with Gasteiger partial charge in [-0.05, 0) is 55.9 Å². The highest BCUT2D eigenvalue weighted by molar-refractivity contribution is 9.10. The molecule has 1 aliphatic heterocycles. The topological polar surface area (TPSA) is 55.4 Å². The van der Waals surface area contributed by atoms with E-state index in [-0.39, 0.29) is 36.6 Å². The summed E-state index contributed by atoms with van der Waals surface area (Å²) in [6.45, 7) is 14.0. The summed E-state index contributed by atoms with van der Waals surface area (Å²) in [4.78, 5) is 0. The third-order valence-corrected chi connectivity index (χ3v) is 7.60. The van der Waals surface area contributed by atoms with E-state index in [4.69, 9.17) is 28.4 Å². The Morgan fingerprint density at radius 2 is 1.34 bits per heavy atom. The number of hydrogen-bond acceptors (Lipinski definition) is 6. The van der Waals surface area contributed by atoms with Crippen molar-refractivity contribution in [3.63, 3.8) is 0 Å². The number of methoxy groups -OCH3 is 1. The molecule has 38 heavy (non-hydrogen) atoms. The Labute approximate surface area is 240 Å². The molecule has 6 nitrogen and oxygen atoms in total. The van der Waals surface area contributed by atoms with Gasteiger partial charge in [-0.2, -0.15) is 0 Å². The molecule has 0 aliphatic carbocycles. The van der Waals surface area contributed by atoms with Crippen LogP contribution in [0.1, 0.15) is 96.3 Å². The van der Waals surface area contributed by atoms with Crippen LogP contribution >= 0.6 is 15.9 Å². The van der Waals surface area contributed by atoms with Gasteiger partial charge in [-0.15, -0.1) is 0 Å². The SMILES string of the molecule is CCCCOCC1O[C@H]([C@H](OC)c2ccc(Br)cc2C)C(OCCCC)[C@@H](OCCCC)[C@@H]1OCCCC. The molecule has 7 heteroatoms. The van der Waals surface area contributed by atoms with Gasteiger partial charge in [0.2, 0.25) is 0 Å². The number of aryl methyl sites for hydroxylation is 1. The van der Waals surface area contributed by atoms with E-state index in [1.807, 2.05) is 0 Å². The summed E-state index contributed by atoms with van der Waals surface area (Å²) in [5.41, 5.74) is 2.23. The molecule has 1 aliphatic rings. The number of ether oxygens (including phenoxy) is 6. The van der Waals surface area contributed by atoms with Crippen molar-refractivity contribution in [1.82, 2.24) is 0 Å². The Bertz CT molecular complexity index is 747. The summed E-state index contributed by atoms with van der Waals surface area (Å²) < 4.78 is 40.0. The highest BCUT2D eigenvalue weighted by Crippen LogP contribution is 2.38. The van der Waals surface area contributed by atoms with Crippen LogP contribution in [0.25, 0.3) is 0 Å². The molecule has 220 valence electrons. The van der Waals surface area contributed by atoms with E-state index in [1.54, 1.807) is 7.11 Å². The number of rotatable bonds is 20.